The molecule has 0 aliphatic rings. The molecule has 0 saturated heterocycles. The Hall–Kier alpha value is -5.61. The zero-order valence-corrected chi connectivity index (χ0v) is 29.1. The largest absolute Gasteiger partial charge is 0.478 e. The third-order valence-electron chi connectivity index (χ3n) is 7.47. The maximum absolute atomic E-state index is 14.6. The zero-order valence-electron chi connectivity index (χ0n) is 27.4. The van der Waals surface area contributed by atoms with Crippen molar-refractivity contribution in [2.75, 3.05) is 25.7 Å². The second-order valence-corrected chi connectivity index (χ2v) is 15.3. The van der Waals surface area contributed by atoms with Crippen LogP contribution in [0.15, 0.2) is 94.7 Å². The van der Waals surface area contributed by atoms with Crippen molar-refractivity contribution in [1.29, 1.82) is 0 Å². The molecule has 0 saturated carbocycles. The number of halogens is 4. The molecule has 272 valence electrons. The van der Waals surface area contributed by atoms with Gasteiger partial charge < -0.3 is 14.6 Å². The zero-order chi connectivity index (χ0) is 38.5. The summed E-state index contributed by atoms with van der Waals surface area (Å²) in [6, 6.07) is 14.2. The SMILES string of the molecule is CC(=O)OCC(=C(C(=O)OCC(=C(C(=O)O)c1ccc(F)c(F)c1)c1ccc(S(C)(=O)=O)cc1)c1ccc(F)c(F)c1)c1ccc(S(C)(=O)=O)cc1. The molecule has 0 bridgehead atoms. The molecule has 4 rings (SSSR count). The number of hydrogen-bond donors (Lipinski definition) is 1. The first kappa shape index (κ1) is 39.2. The summed E-state index contributed by atoms with van der Waals surface area (Å²) in [5.41, 5.74) is -2.24. The topological polar surface area (TPSA) is 158 Å². The van der Waals surface area contributed by atoms with E-state index in [9.17, 15) is 53.9 Å². The molecule has 0 amide bonds. The fourth-order valence-corrected chi connectivity index (χ4v) is 6.20. The fourth-order valence-electron chi connectivity index (χ4n) is 4.94. The summed E-state index contributed by atoms with van der Waals surface area (Å²) in [6.45, 7) is -0.543. The van der Waals surface area contributed by atoms with Gasteiger partial charge in [-0.25, -0.2) is 44.0 Å². The first-order valence-electron chi connectivity index (χ1n) is 14.8. The Morgan fingerprint density at radius 3 is 1.29 bits per heavy atom. The number of carboxylic acids is 1. The number of benzene rings is 4. The molecule has 10 nitrogen and oxygen atoms in total. The predicted molar refractivity (Wildman–Crippen MR) is 181 cm³/mol. The molecule has 0 aliphatic heterocycles. The minimum absolute atomic E-state index is 0.0165. The smallest absolute Gasteiger partial charge is 0.339 e. The Morgan fingerprint density at radius 2 is 0.923 bits per heavy atom. The molecule has 0 radical (unpaired) electrons. The normalized spacial score (nSPS) is 12.8. The van der Waals surface area contributed by atoms with Crippen LogP contribution in [0.25, 0.3) is 22.3 Å². The average Bonchev–Trinajstić information content (AvgIpc) is 3.06. The molecule has 0 aliphatic carbocycles. The van der Waals surface area contributed by atoms with E-state index in [0.717, 1.165) is 43.7 Å². The lowest BCUT2D eigenvalue weighted by Crippen LogP contribution is -2.16. The number of carbonyl (C=O) groups excluding carboxylic acids is 2. The van der Waals surface area contributed by atoms with E-state index in [1.54, 1.807) is 0 Å². The highest BCUT2D eigenvalue weighted by atomic mass is 32.2. The van der Waals surface area contributed by atoms with Crippen LogP contribution >= 0.6 is 0 Å². The van der Waals surface area contributed by atoms with Gasteiger partial charge in [0.15, 0.2) is 42.9 Å². The van der Waals surface area contributed by atoms with E-state index in [4.69, 9.17) is 9.47 Å². The van der Waals surface area contributed by atoms with Crippen LogP contribution in [0.4, 0.5) is 17.6 Å². The second kappa shape index (κ2) is 15.7. The van der Waals surface area contributed by atoms with Gasteiger partial charge in [0.25, 0.3) is 0 Å². The van der Waals surface area contributed by atoms with Crippen molar-refractivity contribution < 1.29 is 63.4 Å². The lowest BCUT2D eigenvalue weighted by atomic mass is 9.94. The Balaban J connectivity index is 1.96. The van der Waals surface area contributed by atoms with E-state index in [1.807, 2.05) is 0 Å². The molecule has 0 spiro atoms. The summed E-state index contributed by atoms with van der Waals surface area (Å²) in [6.07, 6.45) is 1.88. The predicted octanol–water partition coefficient (Wildman–Crippen LogP) is 5.76. The first-order valence-corrected chi connectivity index (χ1v) is 18.6. The van der Waals surface area contributed by atoms with Gasteiger partial charge in [0.1, 0.15) is 13.2 Å². The summed E-state index contributed by atoms with van der Waals surface area (Å²) in [5.74, 6) is -9.16. The maximum atomic E-state index is 14.6. The van der Waals surface area contributed by atoms with Crippen LogP contribution in [0.1, 0.15) is 29.2 Å². The lowest BCUT2D eigenvalue weighted by Gasteiger charge is -2.18. The molecule has 4 aromatic rings. The van der Waals surface area contributed by atoms with Crippen molar-refractivity contribution in [1.82, 2.24) is 0 Å². The molecule has 0 aromatic heterocycles. The molecule has 0 fully saturated rings. The highest BCUT2D eigenvalue weighted by molar-refractivity contribution is 7.91. The number of hydrogen-bond acceptors (Lipinski definition) is 9. The second-order valence-electron chi connectivity index (χ2n) is 11.2. The van der Waals surface area contributed by atoms with Crippen LogP contribution in [0.3, 0.4) is 0 Å². The molecular formula is C36H28F4O10S2. The van der Waals surface area contributed by atoms with E-state index in [1.165, 1.54) is 36.4 Å². The molecule has 52 heavy (non-hydrogen) atoms. The number of carbonyl (C=O) groups is 3. The van der Waals surface area contributed by atoms with Crippen molar-refractivity contribution in [3.8, 4) is 0 Å². The molecular weight excluding hydrogens is 733 g/mol. The van der Waals surface area contributed by atoms with Crippen LogP contribution < -0.4 is 0 Å². The number of ether oxygens (including phenoxy) is 2. The van der Waals surface area contributed by atoms with Crippen LogP contribution in [0, 0.1) is 23.3 Å². The first-order chi connectivity index (χ1) is 24.3. The van der Waals surface area contributed by atoms with Crippen LogP contribution in [-0.2, 0) is 43.5 Å². The summed E-state index contributed by atoms with van der Waals surface area (Å²) in [4.78, 5) is 38.3. The Kier molecular flexibility index (Phi) is 11.9. The van der Waals surface area contributed by atoms with Crippen molar-refractivity contribution in [2.24, 2.45) is 0 Å². The third-order valence-corrected chi connectivity index (χ3v) is 9.72. The van der Waals surface area contributed by atoms with Gasteiger partial charge >= 0.3 is 17.9 Å². The van der Waals surface area contributed by atoms with Crippen molar-refractivity contribution in [3.05, 3.63) is 130 Å². The molecule has 0 atom stereocenters. The van der Waals surface area contributed by atoms with Crippen molar-refractivity contribution >= 4 is 59.9 Å². The summed E-state index contributed by atoms with van der Waals surface area (Å²) < 4.78 is 116. The van der Waals surface area contributed by atoms with Gasteiger partial charge in [-0.1, -0.05) is 36.4 Å². The van der Waals surface area contributed by atoms with E-state index >= 15 is 0 Å². The number of esters is 2. The van der Waals surface area contributed by atoms with E-state index < -0.39 is 85.2 Å². The molecule has 4 aromatic carbocycles. The highest BCUT2D eigenvalue weighted by Crippen LogP contribution is 2.33. The monoisotopic (exact) mass is 760 g/mol. The van der Waals surface area contributed by atoms with E-state index in [-0.39, 0.29) is 43.2 Å². The molecule has 1 N–H and O–H groups in total. The number of sulfone groups is 2. The minimum atomic E-state index is -3.72. The summed E-state index contributed by atoms with van der Waals surface area (Å²) >= 11 is 0. The molecule has 0 unspecified atom stereocenters. The number of carboxylic acid groups (broad SMARTS) is 1. The van der Waals surface area contributed by atoms with Crippen molar-refractivity contribution in [3.63, 3.8) is 0 Å². The van der Waals surface area contributed by atoms with E-state index in [2.05, 4.69) is 0 Å². The molecule has 0 heterocycles. The molecule has 16 heteroatoms. The van der Waals surface area contributed by atoms with Crippen LogP contribution in [0.2, 0.25) is 0 Å². The average molecular weight is 761 g/mol. The maximum Gasteiger partial charge on any atom is 0.339 e. The van der Waals surface area contributed by atoms with Crippen LogP contribution in [0.5, 0.6) is 0 Å². The Morgan fingerprint density at radius 1 is 0.558 bits per heavy atom. The van der Waals surface area contributed by atoms with Crippen molar-refractivity contribution in [2.45, 2.75) is 16.7 Å². The highest BCUT2D eigenvalue weighted by Gasteiger charge is 2.26. The lowest BCUT2D eigenvalue weighted by molar-refractivity contribution is -0.139. The van der Waals surface area contributed by atoms with Gasteiger partial charge in [-0.3, -0.25) is 4.79 Å². The summed E-state index contributed by atoms with van der Waals surface area (Å²) in [5, 5.41) is 10.3. The standard InChI is InChI=1S/C36H28F4O10S2/c1-20(41)49-18-28(22-6-12-26(13-7-22)52(3,47)48)34(24-9-15-30(38)32(40)17-24)36(44)50-19-27(21-4-10-25(11-5-21)51(2,45)46)33(35(42)43)23-8-14-29(37)31(39)16-23/h4-17H,18-19H2,1-3H3,(H,42,43). The van der Waals surface area contributed by atoms with Gasteiger partial charge in [-0.2, -0.15) is 0 Å². The number of rotatable bonds is 12. The fraction of sp³-hybridized carbons (Fsp3) is 0.139. The quantitative estimate of drug-likeness (QED) is 0.0815. The van der Waals surface area contributed by atoms with Gasteiger partial charge in [-0.15, -0.1) is 0 Å². The Bertz CT molecular complexity index is 2350. The van der Waals surface area contributed by atoms with Gasteiger partial charge in [0, 0.05) is 30.6 Å². The van der Waals surface area contributed by atoms with E-state index in [0.29, 0.717) is 24.3 Å². The van der Waals surface area contributed by atoms with Gasteiger partial charge in [0.2, 0.25) is 0 Å². The van der Waals surface area contributed by atoms with Gasteiger partial charge in [-0.05, 0) is 70.8 Å². The minimum Gasteiger partial charge on any atom is -0.478 e. The van der Waals surface area contributed by atoms with Gasteiger partial charge in [0.05, 0.1) is 20.9 Å². The Labute approximate surface area is 295 Å². The number of aliphatic carboxylic acids is 1. The summed E-state index contributed by atoms with van der Waals surface area (Å²) in [7, 11) is -7.40. The van der Waals surface area contributed by atoms with Crippen LogP contribution in [-0.4, -0.2) is 65.6 Å². The third kappa shape index (κ3) is 9.38.